The van der Waals surface area contributed by atoms with Crippen molar-refractivity contribution >= 4 is 0 Å². The van der Waals surface area contributed by atoms with E-state index in [9.17, 15) is 0 Å². The lowest BCUT2D eigenvalue weighted by Gasteiger charge is -2.41. The first-order valence-electron chi connectivity index (χ1n) is 8.41. The third kappa shape index (κ3) is 3.87. The van der Waals surface area contributed by atoms with Crippen LogP contribution in [0.4, 0.5) is 0 Å². The van der Waals surface area contributed by atoms with Gasteiger partial charge in [-0.05, 0) is 69.8 Å². The molecule has 1 aromatic rings. The van der Waals surface area contributed by atoms with E-state index in [1.807, 2.05) is 0 Å². The summed E-state index contributed by atoms with van der Waals surface area (Å²) in [6.07, 6.45) is 2.66. The molecule has 0 aliphatic carbocycles. The quantitative estimate of drug-likeness (QED) is 0.901. The Morgan fingerprint density at radius 1 is 1.19 bits per heavy atom. The van der Waals surface area contributed by atoms with Gasteiger partial charge in [-0.2, -0.15) is 0 Å². The Labute approximate surface area is 130 Å². The third-order valence-corrected chi connectivity index (χ3v) is 4.83. The van der Waals surface area contributed by atoms with E-state index in [0.29, 0.717) is 18.0 Å². The van der Waals surface area contributed by atoms with Gasteiger partial charge in [-0.1, -0.05) is 31.5 Å². The minimum atomic E-state index is 0.561. The van der Waals surface area contributed by atoms with E-state index < -0.39 is 0 Å². The Kier molecular flexibility index (Phi) is 5.45. The molecule has 1 N–H and O–H groups in total. The van der Waals surface area contributed by atoms with E-state index in [4.69, 9.17) is 0 Å². The van der Waals surface area contributed by atoms with Crippen molar-refractivity contribution < 1.29 is 0 Å². The fraction of sp³-hybridized carbons (Fsp3) is 0.684. The summed E-state index contributed by atoms with van der Waals surface area (Å²) in [5.74, 6) is 0.714. The number of hydrogen-bond acceptors (Lipinski definition) is 2. The second-order valence-corrected chi connectivity index (χ2v) is 7.20. The molecule has 2 rings (SSSR count). The van der Waals surface area contributed by atoms with E-state index in [1.165, 1.54) is 36.1 Å². The molecule has 1 aliphatic rings. The van der Waals surface area contributed by atoms with Crippen LogP contribution >= 0.6 is 0 Å². The predicted molar refractivity (Wildman–Crippen MR) is 91.9 cm³/mol. The van der Waals surface area contributed by atoms with Gasteiger partial charge >= 0.3 is 0 Å². The lowest BCUT2D eigenvalue weighted by molar-refractivity contribution is 0.117. The van der Waals surface area contributed by atoms with E-state index in [2.05, 4.69) is 64.0 Å². The lowest BCUT2D eigenvalue weighted by Crippen LogP contribution is -2.42. The smallest absolute Gasteiger partial charge is 0.0390 e. The van der Waals surface area contributed by atoms with Crippen LogP contribution in [-0.2, 0) is 0 Å². The van der Waals surface area contributed by atoms with Crippen LogP contribution in [0.2, 0.25) is 0 Å². The normalized spacial score (nSPS) is 23.8. The molecule has 1 aromatic carbocycles. The van der Waals surface area contributed by atoms with Gasteiger partial charge in [0.15, 0.2) is 0 Å². The molecular weight excluding hydrogens is 256 g/mol. The van der Waals surface area contributed by atoms with Gasteiger partial charge in [-0.3, -0.25) is 4.90 Å². The molecule has 118 valence electrons. The van der Waals surface area contributed by atoms with Crippen LogP contribution in [0.3, 0.4) is 0 Å². The highest BCUT2D eigenvalue weighted by Gasteiger charge is 2.32. The number of hydrogen-bond donors (Lipinski definition) is 1. The van der Waals surface area contributed by atoms with Crippen LogP contribution in [0.25, 0.3) is 0 Å². The van der Waals surface area contributed by atoms with Gasteiger partial charge in [0.25, 0.3) is 0 Å². The van der Waals surface area contributed by atoms with Crippen molar-refractivity contribution in [3.63, 3.8) is 0 Å². The van der Waals surface area contributed by atoms with E-state index in [1.54, 1.807) is 5.56 Å². The topological polar surface area (TPSA) is 15.3 Å². The zero-order valence-electron chi connectivity index (χ0n) is 14.7. The van der Waals surface area contributed by atoms with E-state index in [0.717, 1.165) is 6.54 Å². The van der Waals surface area contributed by atoms with Crippen molar-refractivity contribution in [2.45, 2.75) is 59.5 Å². The Morgan fingerprint density at radius 2 is 1.81 bits per heavy atom. The number of aryl methyl sites for hydroxylation is 3. The van der Waals surface area contributed by atoms with Crippen molar-refractivity contribution in [1.29, 1.82) is 0 Å². The van der Waals surface area contributed by atoms with Crippen LogP contribution in [0.5, 0.6) is 0 Å². The highest BCUT2D eigenvalue weighted by atomic mass is 15.1. The maximum Gasteiger partial charge on any atom is 0.0390 e. The third-order valence-electron chi connectivity index (χ3n) is 4.83. The Balaban J connectivity index is 2.32. The molecule has 21 heavy (non-hydrogen) atoms. The largest absolute Gasteiger partial charge is 0.314 e. The van der Waals surface area contributed by atoms with Crippen LogP contribution in [0, 0.1) is 26.7 Å². The molecule has 2 nitrogen and oxygen atoms in total. The summed E-state index contributed by atoms with van der Waals surface area (Å²) in [5, 5.41) is 3.66. The SMILES string of the molecule is Cc1cc(C)c(C2C(CNC(C)C)CCCN2C)c(C)c1. The molecule has 1 aliphatic heterocycles. The predicted octanol–water partition coefficient (Wildman–Crippen LogP) is 3.99. The maximum absolute atomic E-state index is 3.66. The van der Waals surface area contributed by atoms with Gasteiger partial charge < -0.3 is 5.32 Å². The molecule has 1 fully saturated rings. The van der Waals surface area contributed by atoms with E-state index in [-0.39, 0.29) is 0 Å². The number of nitrogens with zero attached hydrogens (tertiary/aromatic N) is 1. The highest BCUT2D eigenvalue weighted by molar-refractivity contribution is 5.40. The molecule has 2 unspecified atom stereocenters. The first kappa shape index (κ1) is 16.5. The summed E-state index contributed by atoms with van der Waals surface area (Å²) in [6, 6.07) is 5.82. The van der Waals surface area contributed by atoms with Gasteiger partial charge in [0.2, 0.25) is 0 Å². The fourth-order valence-corrected chi connectivity index (χ4v) is 3.97. The van der Waals surface area contributed by atoms with Gasteiger partial charge in [0.05, 0.1) is 0 Å². The minimum Gasteiger partial charge on any atom is -0.314 e. The molecule has 0 aromatic heterocycles. The number of benzene rings is 1. The second kappa shape index (κ2) is 6.93. The summed E-state index contributed by atoms with van der Waals surface area (Å²) in [6.45, 7) is 13.6. The number of nitrogens with one attached hydrogen (secondary N) is 1. The highest BCUT2D eigenvalue weighted by Crippen LogP contribution is 2.38. The minimum absolute atomic E-state index is 0.561. The van der Waals surface area contributed by atoms with E-state index >= 15 is 0 Å². The average Bonchev–Trinajstić information content (AvgIpc) is 2.37. The maximum atomic E-state index is 3.66. The summed E-state index contributed by atoms with van der Waals surface area (Å²) < 4.78 is 0. The first-order chi connectivity index (χ1) is 9.90. The van der Waals surface area contributed by atoms with Gasteiger partial charge in [0.1, 0.15) is 0 Å². The van der Waals surface area contributed by atoms with Crippen LogP contribution in [0.1, 0.15) is 55.0 Å². The van der Waals surface area contributed by atoms with Crippen molar-refractivity contribution in [1.82, 2.24) is 10.2 Å². The summed E-state index contributed by atoms with van der Waals surface area (Å²) in [4.78, 5) is 2.57. The van der Waals surface area contributed by atoms with Crippen molar-refractivity contribution in [3.8, 4) is 0 Å². The Hall–Kier alpha value is -0.860. The molecule has 0 spiro atoms. The van der Waals surface area contributed by atoms with Crippen molar-refractivity contribution in [2.24, 2.45) is 5.92 Å². The number of piperidine rings is 1. The molecule has 1 heterocycles. The van der Waals surface area contributed by atoms with Crippen LogP contribution in [-0.4, -0.2) is 31.1 Å². The van der Waals surface area contributed by atoms with Gasteiger partial charge in [-0.15, -0.1) is 0 Å². The second-order valence-electron chi connectivity index (χ2n) is 7.20. The summed E-state index contributed by atoms with van der Waals surface area (Å²) in [7, 11) is 2.30. The number of likely N-dealkylation sites (tertiary alicyclic amines) is 1. The first-order valence-corrected chi connectivity index (χ1v) is 8.41. The lowest BCUT2D eigenvalue weighted by atomic mass is 9.81. The number of rotatable bonds is 4. The van der Waals surface area contributed by atoms with Crippen LogP contribution in [0.15, 0.2) is 12.1 Å². The van der Waals surface area contributed by atoms with Crippen molar-refractivity contribution in [3.05, 3.63) is 34.4 Å². The molecule has 0 saturated carbocycles. The fourth-order valence-electron chi connectivity index (χ4n) is 3.97. The van der Waals surface area contributed by atoms with Crippen molar-refractivity contribution in [2.75, 3.05) is 20.1 Å². The summed E-state index contributed by atoms with van der Waals surface area (Å²) >= 11 is 0. The standard InChI is InChI=1S/C19H32N2/c1-13(2)20-12-17-8-7-9-21(6)19(17)18-15(4)10-14(3)11-16(18)5/h10-11,13,17,19-20H,7-9,12H2,1-6H3. The molecule has 1 saturated heterocycles. The Morgan fingerprint density at radius 3 is 2.38 bits per heavy atom. The summed E-state index contributed by atoms with van der Waals surface area (Å²) in [5.41, 5.74) is 5.86. The Bertz CT molecular complexity index is 455. The van der Waals surface area contributed by atoms with Gasteiger partial charge in [0, 0.05) is 18.6 Å². The molecular formula is C19H32N2. The molecule has 2 atom stereocenters. The average molecular weight is 288 g/mol. The molecule has 0 amide bonds. The zero-order chi connectivity index (χ0) is 15.6. The van der Waals surface area contributed by atoms with Crippen LogP contribution < -0.4 is 5.32 Å². The van der Waals surface area contributed by atoms with Gasteiger partial charge in [-0.25, -0.2) is 0 Å². The molecule has 0 radical (unpaired) electrons. The molecule has 0 bridgehead atoms. The zero-order valence-corrected chi connectivity index (χ0v) is 14.7. The monoisotopic (exact) mass is 288 g/mol. The molecule has 2 heteroatoms.